The van der Waals surface area contributed by atoms with E-state index in [1.807, 2.05) is 0 Å². The lowest BCUT2D eigenvalue weighted by Crippen LogP contribution is -2.05. The number of rotatable bonds is 2. The third-order valence-corrected chi connectivity index (χ3v) is 1.82. The minimum atomic E-state index is -0.728. The van der Waals surface area contributed by atoms with Crippen molar-refractivity contribution in [2.24, 2.45) is 0 Å². The van der Waals surface area contributed by atoms with Gasteiger partial charge in [0.05, 0.1) is 18.2 Å². The number of hydrogen-bond acceptors (Lipinski definition) is 5. The maximum absolute atomic E-state index is 11.2. The average Bonchev–Trinajstić information content (AvgIpc) is 2.27. The second-order valence-electron chi connectivity index (χ2n) is 2.68. The molecule has 5 nitrogen and oxygen atoms in total. The molecule has 0 heterocycles. The van der Waals surface area contributed by atoms with Crippen LogP contribution in [-0.2, 0) is 4.74 Å². The SMILES string of the molecule is COC(=O)c1cc(C#N)c(O)cc1C=O. The fraction of sp³-hybridized carbons (Fsp3) is 0.100. The Morgan fingerprint density at radius 2 is 2.27 bits per heavy atom. The highest BCUT2D eigenvalue weighted by Crippen LogP contribution is 2.21. The molecule has 0 unspecified atom stereocenters. The van der Waals surface area contributed by atoms with Gasteiger partial charge in [-0.25, -0.2) is 4.79 Å². The lowest BCUT2D eigenvalue weighted by molar-refractivity contribution is 0.0598. The van der Waals surface area contributed by atoms with E-state index in [-0.39, 0.29) is 22.4 Å². The number of hydrogen-bond donors (Lipinski definition) is 1. The molecular formula is C10H7NO4. The van der Waals surface area contributed by atoms with Crippen LogP contribution in [0.4, 0.5) is 0 Å². The minimum absolute atomic E-state index is 0.0154. The quantitative estimate of drug-likeness (QED) is 0.571. The van der Waals surface area contributed by atoms with Crippen molar-refractivity contribution in [3.05, 3.63) is 28.8 Å². The van der Waals surface area contributed by atoms with Crippen LogP contribution in [0.3, 0.4) is 0 Å². The maximum atomic E-state index is 11.2. The number of benzene rings is 1. The molecule has 0 aliphatic carbocycles. The number of nitriles is 1. The molecule has 1 N–H and O–H groups in total. The van der Waals surface area contributed by atoms with Gasteiger partial charge in [0.15, 0.2) is 6.29 Å². The number of phenolic OH excluding ortho intramolecular Hbond substituents is 1. The predicted octanol–water partition coefficient (Wildman–Crippen LogP) is 0.863. The van der Waals surface area contributed by atoms with Crippen LogP contribution in [0.1, 0.15) is 26.3 Å². The average molecular weight is 205 g/mol. The Hall–Kier alpha value is -2.35. The molecule has 1 aromatic rings. The summed E-state index contributed by atoms with van der Waals surface area (Å²) in [6, 6.07) is 3.86. The summed E-state index contributed by atoms with van der Waals surface area (Å²) < 4.78 is 4.43. The van der Waals surface area contributed by atoms with Crippen molar-refractivity contribution in [3.8, 4) is 11.8 Å². The van der Waals surface area contributed by atoms with E-state index in [1.54, 1.807) is 6.07 Å². The van der Waals surface area contributed by atoms with Gasteiger partial charge in [0.1, 0.15) is 11.8 Å². The van der Waals surface area contributed by atoms with Gasteiger partial charge in [0.2, 0.25) is 0 Å². The van der Waals surface area contributed by atoms with E-state index < -0.39 is 5.97 Å². The molecule has 0 aliphatic heterocycles. The molecule has 0 aromatic heterocycles. The number of methoxy groups -OCH3 is 1. The van der Waals surface area contributed by atoms with Gasteiger partial charge in [-0.15, -0.1) is 0 Å². The molecule has 0 fully saturated rings. The summed E-state index contributed by atoms with van der Waals surface area (Å²) in [5.41, 5.74) is -0.138. The molecule has 1 rings (SSSR count). The molecule has 0 atom stereocenters. The first-order chi connectivity index (χ1) is 7.13. The zero-order chi connectivity index (χ0) is 11.4. The van der Waals surface area contributed by atoms with E-state index in [0.717, 1.165) is 19.2 Å². The number of carbonyl (C=O) groups excluding carboxylic acids is 2. The highest BCUT2D eigenvalue weighted by atomic mass is 16.5. The first kappa shape index (κ1) is 10.7. The summed E-state index contributed by atoms with van der Waals surface area (Å²) in [4.78, 5) is 21.8. The van der Waals surface area contributed by atoms with E-state index in [1.165, 1.54) is 0 Å². The van der Waals surface area contributed by atoms with E-state index in [9.17, 15) is 14.7 Å². The summed E-state index contributed by atoms with van der Waals surface area (Å²) in [7, 11) is 1.16. The van der Waals surface area contributed by atoms with E-state index in [0.29, 0.717) is 6.29 Å². The van der Waals surface area contributed by atoms with Gasteiger partial charge in [0.25, 0.3) is 0 Å². The molecule has 0 aliphatic rings. The zero-order valence-electron chi connectivity index (χ0n) is 7.85. The second-order valence-corrected chi connectivity index (χ2v) is 2.68. The lowest BCUT2D eigenvalue weighted by atomic mass is 10.0. The first-order valence-electron chi connectivity index (χ1n) is 3.94. The number of ether oxygens (including phenoxy) is 1. The normalized spacial score (nSPS) is 9.07. The van der Waals surface area contributed by atoms with Gasteiger partial charge < -0.3 is 9.84 Å². The Labute approximate surface area is 85.5 Å². The van der Waals surface area contributed by atoms with Gasteiger partial charge in [-0.2, -0.15) is 5.26 Å². The molecule has 0 saturated heterocycles. The van der Waals surface area contributed by atoms with Crippen molar-refractivity contribution in [3.63, 3.8) is 0 Å². The monoisotopic (exact) mass is 205 g/mol. The van der Waals surface area contributed by atoms with Crippen LogP contribution in [0.5, 0.6) is 5.75 Å². The molecule has 0 spiro atoms. The van der Waals surface area contributed by atoms with Crippen molar-refractivity contribution in [1.29, 1.82) is 5.26 Å². The van der Waals surface area contributed by atoms with Crippen molar-refractivity contribution in [1.82, 2.24) is 0 Å². The van der Waals surface area contributed by atoms with Crippen molar-refractivity contribution in [2.75, 3.05) is 7.11 Å². The summed E-state index contributed by atoms with van der Waals surface area (Å²) in [5, 5.41) is 17.9. The van der Waals surface area contributed by atoms with Crippen molar-refractivity contribution >= 4 is 12.3 Å². The van der Waals surface area contributed by atoms with Crippen molar-refractivity contribution in [2.45, 2.75) is 0 Å². The molecule has 15 heavy (non-hydrogen) atoms. The number of aromatic hydroxyl groups is 1. The molecule has 0 radical (unpaired) electrons. The summed E-state index contributed by atoms with van der Waals surface area (Å²) in [5.74, 6) is -1.07. The Morgan fingerprint density at radius 1 is 1.60 bits per heavy atom. The smallest absolute Gasteiger partial charge is 0.338 e. The molecule has 76 valence electrons. The van der Waals surface area contributed by atoms with Gasteiger partial charge in [-0.1, -0.05) is 0 Å². The number of aldehydes is 1. The van der Waals surface area contributed by atoms with E-state index >= 15 is 0 Å². The number of esters is 1. The van der Waals surface area contributed by atoms with Crippen LogP contribution in [-0.4, -0.2) is 24.5 Å². The predicted molar refractivity (Wildman–Crippen MR) is 49.5 cm³/mol. The Kier molecular flexibility index (Phi) is 3.03. The van der Waals surface area contributed by atoms with Crippen LogP contribution in [0.25, 0.3) is 0 Å². The molecule has 0 saturated carbocycles. The highest BCUT2D eigenvalue weighted by Gasteiger charge is 2.15. The van der Waals surface area contributed by atoms with Gasteiger partial charge in [-0.3, -0.25) is 4.79 Å². The first-order valence-corrected chi connectivity index (χ1v) is 3.94. The van der Waals surface area contributed by atoms with Gasteiger partial charge >= 0.3 is 5.97 Å². The Bertz CT molecular complexity index is 459. The Morgan fingerprint density at radius 3 is 2.73 bits per heavy atom. The van der Waals surface area contributed by atoms with Gasteiger partial charge in [0, 0.05) is 5.56 Å². The summed E-state index contributed by atoms with van der Waals surface area (Å²) in [6.45, 7) is 0. The lowest BCUT2D eigenvalue weighted by Gasteiger charge is -2.04. The largest absolute Gasteiger partial charge is 0.507 e. The van der Waals surface area contributed by atoms with Crippen LogP contribution in [0.15, 0.2) is 12.1 Å². The fourth-order valence-corrected chi connectivity index (χ4v) is 1.08. The van der Waals surface area contributed by atoms with Crippen LogP contribution >= 0.6 is 0 Å². The second kappa shape index (κ2) is 4.24. The fourth-order valence-electron chi connectivity index (χ4n) is 1.08. The molecule has 5 heteroatoms. The standard InChI is InChI=1S/C10H7NO4/c1-15-10(14)8-2-6(4-11)9(13)3-7(8)5-12/h2-3,5,13H,1H3. The molecule has 0 amide bonds. The number of phenols is 1. The third kappa shape index (κ3) is 1.94. The van der Waals surface area contributed by atoms with Crippen LogP contribution in [0.2, 0.25) is 0 Å². The molecule has 0 bridgehead atoms. The zero-order valence-corrected chi connectivity index (χ0v) is 7.85. The van der Waals surface area contributed by atoms with E-state index in [2.05, 4.69) is 4.74 Å². The molecular weight excluding hydrogens is 198 g/mol. The molecule has 1 aromatic carbocycles. The highest BCUT2D eigenvalue weighted by molar-refractivity contribution is 5.99. The number of nitrogens with zero attached hydrogens (tertiary/aromatic N) is 1. The topological polar surface area (TPSA) is 87.4 Å². The maximum Gasteiger partial charge on any atom is 0.338 e. The number of carbonyl (C=O) groups is 2. The third-order valence-electron chi connectivity index (χ3n) is 1.82. The summed E-state index contributed by atoms with van der Waals surface area (Å²) in [6.07, 6.45) is 0.410. The van der Waals surface area contributed by atoms with Gasteiger partial charge in [-0.05, 0) is 12.1 Å². The Balaban J connectivity index is 3.43. The van der Waals surface area contributed by atoms with Crippen LogP contribution in [0, 0.1) is 11.3 Å². The minimum Gasteiger partial charge on any atom is -0.507 e. The van der Waals surface area contributed by atoms with E-state index in [4.69, 9.17) is 5.26 Å². The van der Waals surface area contributed by atoms with Crippen molar-refractivity contribution < 1.29 is 19.4 Å². The summed E-state index contributed by atoms with van der Waals surface area (Å²) >= 11 is 0. The van der Waals surface area contributed by atoms with Crippen LogP contribution < -0.4 is 0 Å².